The number of rotatable bonds is 2. The fourth-order valence-electron chi connectivity index (χ4n) is 2.25. The Morgan fingerprint density at radius 3 is 2.55 bits per heavy atom. The summed E-state index contributed by atoms with van der Waals surface area (Å²) in [6.45, 7) is 1.60. The van der Waals surface area contributed by atoms with Gasteiger partial charge in [-0.2, -0.15) is 0 Å². The number of likely N-dealkylation sites (tertiary alicyclic amines) is 1. The molecule has 2 heteroatoms. The van der Waals surface area contributed by atoms with Crippen LogP contribution in [0.5, 0.6) is 0 Å². The molecule has 0 aromatic carbocycles. The lowest BCUT2D eigenvalue weighted by Crippen LogP contribution is -2.44. The number of nitrogens with zero attached hydrogens (tertiary/aromatic N) is 1. The SMILES string of the molecule is OC[C@@H]1CCCN1C1CCC1. The second-order valence-corrected chi connectivity index (χ2v) is 3.80. The van der Waals surface area contributed by atoms with Crippen molar-refractivity contribution >= 4 is 0 Å². The van der Waals surface area contributed by atoms with Gasteiger partial charge in [-0.3, -0.25) is 4.90 Å². The van der Waals surface area contributed by atoms with Crippen LogP contribution in [0, 0.1) is 0 Å². The monoisotopic (exact) mass is 155 g/mol. The Kier molecular flexibility index (Phi) is 2.14. The van der Waals surface area contributed by atoms with E-state index < -0.39 is 0 Å². The Morgan fingerprint density at radius 1 is 1.18 bits per heavy atom. The van der Waals surface area contributed by atoms with Crippen molar-refractivity contribution in [3.8, 4) is 0 Å². The summed E-state index contributed by atoms with van der Waals surface area (Å²) < 4.78 is 0. The summed E-state index contributed by atoms with van der Waals surface area (Å²) in [7, 11) is 0. The zero-order valence-electron chi connectivity index (χ0n) is 7.00. The molecule has 0 bridgehead atoms. The van der Waals surface area contributed by atoms with Gasteiger partial charge in [0.05, 0.1) is 6.61 Å². The Labute approximate surface area is 68.2 Å². The van der Waals surface area contributed by atoms with Gasteiger partial charge in [-0.15, -0.1) is 0 Å². The molecular formula is C9H17NO. The van der Waals surface area contributed by atoms with Crippen LogP contribution in [0.4, 0.5) is 0 Å². The lowest BCUT2D eigenvalue weighted by molar-refractivity contribution is 0.0784. The molecule has 0 aromatic rings. The average molecular weight is 155 g/mol. The highest BCUT2D eigenvalue weighted by Gasteiger charge is 2.32. The van der Waals surface area contributed by atoms with E-state index >= 15 is 0 Å². The summed E-state index contributed by atoms with van der Waals surface area (Å²) in [5.74, 6) is 0. The molecule has 1 aliphatic carbocycles. The minimum Gasteiger partial charge on any atom is -0.395 e. The molecule has 1 heterocycles. The van der Waals surface area contributed by atoms with Gasteiger partial charge in [0.15, 0.2) is 0 Å². The van der Waals surface area contributed by atoms with Crippen molar-refractivity contribution in [2.45, 2.75) is 44.2 Å². The quantitative estimate of drug-likeness (QED) is 0.643. The molecule has 2 rings (SSSR count). The maximum Gasteiger partial charge on any atom is 0.0586 e. The fourth-order valence-corrected chi connectivity index (χ4v) is 2.25. The van der Waals surface area contributed by atoms with Crippen molar-refractivity contribution in [3.05, 3.63) is 0 Å². The highest BCUT2D eigenvalue weighted by molar-refractivity contribution is 4.88. The standard InChI is InChI=1S/C9H17NO/c11-7-9-5-2-6-10(9)8-3-1-4-8/h8-9,11H,1-7H2/t9-/m0/s1. The van der Waals surface area contributed by atoms with Crippen LogP contribution in [-0.2, 0) is 0 Å². The van der Waals surface area contributed by atoms with Crippen LogP contribution in [0.2, 0.25) is 0 Å². The fraction of sp³-hybridized carbons (Fsp3) is 1.00. The van der Waals surface area contributed by atoms with Crippen LogP contribution >= 0.6 is 0 Å². The largest absolute Gasteiger partial charge is 0.395 e. The van der Waals surface area contributed by atoms with Crippen molar-refractivity contribution in [2.75, 3.05) is 13.2 Å². The van der Waals surface area contributed by atoms with Crippen molar-refractivity contribution in [2.24, 2.45) is 0 Å². The first kappa shape index (κ1) is 7.56. The summed E-state index contributed by atoms with van der Waals surface area (Å²) in [6.07, 6.45) is 6.65. The number of hydrogen-bond donors (Lipinski definition) is 1. The first-order chi connectivity index (χ1) is 5.42. The molecular weight excluding hydrogens is 138 g/mol. The van der Waals surface area contributed by atoms with Crippen LogP contribution in [0.1, 0.15) is 32.1 Å². The van der Waals surface area contributed by atoms with Crippen LogP contribution in [0.25, 0.3) is 0 Å². The van der Waals surface area contributed by atoms with E-state index in [9.17, 15) is 0 Å². The molecule has 0 amide bonds. The summed E-state index contributed by atoms with van der Waals surface area (Å²) >= 11 is 0. The van der Waals surface area contributed by atoms with Gasteiger partial charge in [-0.1, -0.05) is 6.42 Å². The van der Waals surface area contributed by atoms with E-state index in [-0.39, 0.29) is 0 Å². The summed E-state index contributed by atoms with van der Waals surface area (Å²) in [4.78, 5) is 2.52. The van der Waals surface area contributed by atoms with Gasteiger partial charge in [-0.05, 0) is 32.2 Å². The Morgan fingerprint density at radius 2 is 2.00 bits per heavy atom. The molecule has 1 saturated heterocycles. The topological polar surface area (TPSA) is 23.5 Å². The van der Waals surface area contributed by atoms with Gasteiger partial charge in [-0.25, -0.2) is 0 Å². The molecule has 1 aliphatic heterocycles. The lowest BCUT2D eigenvalue weighted by atomic mass is 9.91. The van der Waals surface area contributed by atoms with Crippen molar-refractivity contribution in [3.63, 3.8) is 0 Å². The molecule has 0 radical (unpaired) electrons. The molecule has 2 fully saturated rings. The van der Waals surface area contributed by atoms with E-state index in [2.05, 4.69) is 4.90 Å². The van der Waals surface area contributed by atoms with E-state index in [0.29, 0.717) is 12.6 Å². The third kappa shape index (κ3) is 1.30. The third-order valence-electron chi connectivity index (χ3n) is 3.18. The van der Waals surface area contributed by atoms with Crippen LogP contribution in [-0.4, -0.2) is 35.2 Å². The predicted molar refractivity (Wildman–Crippen MR) is 44.5 cm³/mol. The predicted octanol–water partition coefficient (Wildman–Crippen LogP) is 0.996. The molecule has 0 unspecified atom stereocenters. The van der Waals surface area contributed by atoms with Gasteiger partial charge < -0.3 is 5.11 Å². The maximum absolute atomic E-state index is 9.06. The molecule has 1 N–H and O–H groups in total. The van der Waals surface area contributed by atoms with Crippen molar-refractivity contribution in [1.29, 1.82) is 0 Å². The van der Waals surface area contributed by atoms with E-state index in [4.69, 9.17) is 5.11 Å². The van der Waals surface area contributed by atoms with Crippen LogP contribution < -0.4 is 0 Å². The molecule has 2 nitrogen and oxygen atoms in total. The van der Waals surface area contributed by atoms with E-state index in [1.54, 1.807) is 0 Å². The van der Waals surface area contributed by atoms with Gasteiger partial charge in [0.25, 0.3) is 0 Å². The summed E-state index contributed by atoms with van der Waals surface area (Å²) in [5.41, 5.74) is 0. The number of aliphatic hydroxyl groups is 1. The Balaban J connectivity index is 1.89. The lowest BCUT2D eigenvalue weighted by Gasteiger charge is -2.38. The molecule has 1 atom stereocenters. The third-order valence-corrected chi connectivity index (χ3v) is 3.18. The molecule has 11 heavy (non-hydrogen) atoms. The van der Waals surface area contributed by atoms with Crippen LogP contribution in [0.3, 0.4) is 0 Å². The van der Waals surface area contributed by atoms with Gasteiger partial charge >= 0.3 is 0 Å². The minimum atomic E-state index is 0.372. The zero-order chi connectivity index (χ0) is 7.68. The number of hydrogen-bond acceptors (Lipinski definition) is 2. The normalized spacial score (nSPS) is 34.1. The van der Waals surface area contributed by atoms with Crippen molar-refractivity contribution < 1.29 is 5.11 Å². The van der Waals surface area contributed by atoms with E-state index in [0.717, 1.165) is 6.04 Å². The smallest absolute Gasteiger partial charge is 0.0586 e. The van der Waals surface area contributed by atoms with E-state index in [1.807, 2.05) is 0 Å². The second-order valence-electron chi connectivity index (χ2n) is 3.80. The maximum atomic E-state index is 9.06. The highest BCUT2D eigenvalue weighted by atomic mass is 16.3. The van der Waals surface area contributed by atoms with Gasteiger partial charge in [0.2, 0.25) is 0 Å². The minimum absolute atomic E-state index is 0.372. The molecule has 2 aliphatic rings. The molecule has 0 aromatic heterocycles. The van der Waals surface area contributed by atoms with Gasteiger partial charge in [0, 0.05) is 12.1 Å². The highest BCUT2D eigenvalue weighted by Crippen LogP contribution is 2.30. The second kappa shape index (κ2) is 3.11. The first-order valence-corrected chi connectivity index (χ1v) is 4.78. The molecule has 64 valence electrons. The average Bonchev–Trinajstić information content (AvgIpc) is 2.32. The first-order valence-electron chi connectivity index (χ1n) is 4.78. The summed E-state index contributed by atoms with van der Waals surface area (Å²) in [5, 5.41) is 9.06. The Hall–Kier alpha value is -0.0800. The van der Waals surface area contributed by atoms with Crippen LogP contribution in [0.15, 0.2) is 0 Å². The van der Waals surface area contributed by atoms with Gasteiger partial charge in [0.1, 0.15) is 0 Å². The Bertz CT molecular complexity index is 134. The molecule has 0 spiro atoms. The molecule has 1 saturated carbocycles. The zero-order valence-corrected chi connectivity index (χ0v) is 7.00. The summed E-state index contributed by atoms with van der Waals surface area (Å²) in [6, 6.07) is 1.33. The van der Waals surface area contributed by atoms with E-state index in [1.165, 1.54) is 38.6 Å². The number of aliphatic hydroxyl groups excluding tert-OH is 1. The van der Waals surface area contributed by atoms with Crippen molar-refractivity contribution in [1.82, 2.24) is 4.90 Å².